The van der Waals surface area contributed by atoms with Crippen molar-refractivity contribution in [3.8, 4) is 11.8 Å². The summed E-state index contributed by atoms with van der Waals surface area (Å²) >= 11 is 1.15. The lowest BCUT2D eigenvalue weighted by molar-refractivity contribution is -0.274. The summed E-state index contributed by atoms with van der Waals surface area (Å²) in [5.74, 6) is -0.368. The number of anilines is 2. The zero-order valence-corrected chi connectivity index (χ0v) is 14.4. The van der Waals surface area contributed by atoms with Crippen LogP contribution in [-0.4, -0.2) is 22.9 Å². The lowest BCUT2D eigenvalue weighted by atomic mass is 10.2. The number of aromatic nitrogens is 2. The molecule has 3 rings (SSSR count). The number of alkyl halides is 3. The number of halogens is 3. The van der Waals surface area contributed by atoms with E-state index in [4.69, 9.17) is 5.26 Å². The van der Waals surface area contributed by atoms with Crippen LogP contribution in [0.2, 0.25) is 0 Å². The van der Waals surface area contributed by atoms with Crippen LogP contribution in [0.4, 0.5) is 24.0 Å². The van der Waals surface area contributed by atoms with E-state index in [0.717, 1.165) is 23.5 Å². The molecule has 2 heterocycles. The normalized spacial score (nSPS) is 11.2. The second kappa shape index (κ2) is 7.59. The van der Waals surface area contributed by atoms with E-state index in [2.05, 4.69) is 14.7 Å². The number of ether oxygens (including phenoxy) is 1. The molecule has 0 fully saturated rings. The van der Waals surface area contributed by atoms with Crippen molar-refractivity contribution in [1.29, 1.82) is 5.26 Å². The minimum atomic E-state index is -4.78. The fourth-order valence-corrected chi connectivity index (χ4v) is 3.32. The first-order chi connectivity index (χ1) is 12.9. The molecule has 0 saturated heterocycles. The summed E-state index contributed by atoms with van der Waals surface area (Å²) in [6.45, 7) is 0.206. The van der Waals surface area contributed by atoms with Crippen molar-refractivity contribution in [3.05, 3.63) is 52.9 Å². The Bertz CT molecular complexity index is 1040. The maximum Gasteiger partial charge on any atom is 0.573 e. The number of rotatable bonds is 5. The van der Waals surface area contributed by atoms with Crippen LogP contribution in [0, 0.1) is 11.3 Å². The molecule has 0 spiro atoms. The number of nitriles is 1. The molecule has 0 aliphatic heterocycles. The van der Waals surface area contributed by atoms with E-state index < -0.39 is 11.9 Å². The van der Waals surface area contributed by atoms with E-state index in [1.54, 1.807) is 23.2 Å². The minimum absolute atomic E-state index is 0.129. The third kappa shape index (κ3) is 4.51. The molecule has 138 valence electrons. The lowest BCUT2D eigenvalue weighted by Crippen LogP contribution is -2.21. The van der Waals surface area contributed by atoms with Gasteiger partial charge in [0.15, 0.2) is 5.13 Å². The van der Waals surface area contributed by atoms with Crippen molar-refractivity contribution < 1.29 is 17.9 Å². The minimum Gasteiger partial charge on any atom is -0.406 e. The molecule has 10 heteroatoms. The topological polar surface area (TPSA) is 79.1 Å². The van der Waals surface area contributed by atoms with Gasteiger partial charge in [-0.15, -0.1) is 13.2 Å². The Labute approximate surface area is 155 Å². The van der Waals surface area contributed by atoms with E-state index >= 15 is 0 Å². The molecule has 0 saturated carbocycles. The molecule has 1 aromatic carbocycles. The number of fused-ring (bicyclic) bond motifs is 1. The Balaban J connectivity index is 1.99. The SMILES string of the molecule is N#CCCN(c1ccc(OC(F)(F)F)cc1)c1nc(=O)c2cccnc2s1. The van der Waals surface area contributed by atoms with E-state index in [-0.39, 0.29) is 18.7 Å². The molecule has 0 aliphatic carbocycles. The molecule has 0 unspecified atom stereocenters. The molecule has 3 aromatic rings. The Morgan fingerprint density at radius 3 is 2.63 bits per heavy atom. The number of nitrogens with zero attached hydrogens (tertiary/aromatic N) is 4. The Morgan fingerprint density at radius 2 is 1.96 bits per heavy atom. The highest BCUT2D eigenvalue weighted by molar-refractivity contribution is 7.21. The fourth-order valence-electron chi connectivity index (χ4n) is 2.33. The van der Waals surface area contributed by atoms with Crippen LogP contribution in [0.15, 0.2) is 47.4 Å². The molecule has 0 amide bonds. The van der Waals surface area contributed by atoms with Crippen molar-refractivity contribution in [2.45, 2.75) is 12.8 Å². The van der Waals surface area contributed by atoms with E-state index in [9.17, 15) is 18.0 Å². The molecular formula is C17H11F3N4O2S. The largest absolute Gasteiger partial charge is 0.573 e. The Kier molecular flexibility index (Phi) is 5.23. The van der Waals surface area contributed by atoms with Gasteiger partial charge >= 0.3 is 6.36 Å². The van der Waals surface area contributed by atoms with Crippen LogP contribution >= 0.6 is 11.3 Å². The van der Waals surface area contributed by atoms with Crippen molar-refractivity contribution in [3.63, 3.8) is 0 Å². The number of hydrogen-bond acceptors (Lipinski definition) is 7. The molecule has 6 nitrogen and oxygen atoms in total. The summed E-state index contributed by atoms with van der Waals surface area (Å²) in [7, 11) is 0. The first kappa shape index (κ1) is 18.6. The van der Waals surface area contributed by atoms with E-state index in [0.29, 0.717) is 21.0 Å². The molecule has 0 atom stereocenters. The predicted octanol–water partition coefficient (Wildman–Crippen LogP) is 4.00. The van der Waals surface area contributed by atoms with E-state index in [1.165, 1.54) is 12.1 Å². The van der Waals surface area contributed by atoms with E-state index in [1.807, 2.05) is 6.07 Å². The molecule has 0 aliphatic rings. The first-order valence-corrected chi connectivity index (χ1v) is 8.45. The highest BCUT2D eigenvalue weighted by Crippen LogP contribution is 2.31. The number of benzene rings is 1. The van der Waals surface area contributed by atoms with Gasteiger partial charge in [-0.2, -0.15) is 10.2 Å². The molecule has 0 bridgehead atoms. The van der Waals surface area contributed by atoms with Gasteiger partial charge < -0.3 is 9.64 Å². The quantitative estimate of drug-likeness (QED) is 0.653. The standard InChI is InChI=1S/C17H11F3N4O2S/c18-17(19,20)26-12-6-4-11(5-7-12)24(10-2-8-21)16-23-14(25)13-3-1-9-22-15(13)27-16/h1,3-7,9H,2,10H2. The van der Waals surface area contributed by atoms with Crippen LogP contribution in [0.3, 0.4) is 0 Å². The summed E-state index contributed by atoms with van der Waals surface area (Å²) in [6, 6.07) is 10.4. The maximum atomic E-state index is 12.3. The van der Waals surface area contributed by atoms with Crippen molar-refractivity contribution in [2.24, 2.45) is 0 Å². The Hall–Kier alpha value is -3.19. The second-order valence-corrected chi connectivity index (χ2v) is 6.22. The van der Waals surface area contributed by atoms with Gasteiger partial charge in [-0.1, -0.05) is 11.3 Å². The molecule has 27 heavy (non-hydrogen) atoms. The molecule has 2 aromatic heterocycles. The molecular weight excluding hydrogens is 381 g/mol. The van der Waals surface area contributed by atoms with Crippen molar-refractivity contribution >= 4 is 32.4 Å². The number of hydrogen-bond donors (Lipinski definition) is 0. The van der Waals surface area contributed by atoms with Gasteiger partial charge in [-0.3, -0.25) is 4.79 Å². The van der Waals surface area contributed by atoms with Gasteiger partial charge in [-0.25, -0.2) is 4.98 Å². The summed E-state index contributed by atoms with van der Waals surface area (Å²) < 4.78 is 40.8. The molecule has 0 radical (unpaired) electrons. The Morgan fingerprint density at radius 1 is 1.22 bits per heavy atom. The van der Waals surface area contributed by atoms with Crippen molar-refractivity contribution in [1.82, 2.24) is 9.97 Å². The van der Waals surface area contributed by atoms with Gasteiger partial charge in [0.25, 0.3) is 5.56 Å². The van der Waals surface area contributed by atoms with Gasteiger partial charge in [0.1, 0.15) is 10.6 Å². The monoisotopic (exact) mass is 392 g/mol. The van der Waals surface area contributed by atoms with Crippen LogP contribution in [-0.2, 0) is 0 Å². The van der Waals surface area contributed by atoms with Crippen LogP contribution < -0.4 is 15.2 Å². The summed E-state index contributed by atoms with van der Waals surface area (Å²) in [6.07, 6.45) is -3.11. The van der Waals surface area contributed by atoms with Gasteiger partial charge in [-0.05, 0) is 36.4 Å². The first-order valence-electron chi connectivity index (χ1n) is 7.63. The van der Waals surface area contributed by atoms with Gasteiger partial charge in [0, 0.05) is 18.4 Å². The highest BCUT2D eigenvalue weighted by atomic mass is 32.1. The van der Waals surface area contributed by atoms with Gasteiger partial charge in [0.05, 0.1) is 17.9 Å². The van der Waals surface area contributed by atoms with Crippen LogP contribution in [0.25, 0.3) is 10.2 Å². The summed E-state index contributed by atoms with van der Waals surface area (Å²) in [5.41, 5.74) is 0.00374. The predicted molar refractivity (Wildman–Crippen MR) is 94.0 cm³/mol. The maximum absolute atomic E-state index is 12.3. The van der Waals surface area contributed by atoms with Crippen LogP contribution in [0.5, 0.6) is 5.75 Å². The second-order valence-electron chi connectivity index (χ2n) is 5.26. The smallest absolute Gasteiger partial charge is 0.406 e. The van der Waals surface area contributed by atoms with Crippen molar-refractivity contribution in [2.75, 3.05) is 11.4 Å². The molecule has 0 N–H and O–H groups in total. The third-order valence-electron chi connectivity index (χ3n) is 3.45. The highest BCUT2D eigenvalue weighted by Gasteiger charge is 2.31. The lowest BCUT2D eigenvalue weighted by Gasteiger charge is -2.22. The van der Waals surface area contributed by atoms with Crippen LogP contribution in [0.1, 0.15) is 6.42 Å². The average molecular weight is 392 g/mol. The zero-order chi connectivity index (χ0) is 19.4. The average Bonchev–Trinajstić information content (AvgIpc) is 2.62. The summed E-state index contributed by atoms with van der Waals surface area (Å²) in [4.78, 5) is 22.5. The fraction of sp³-hybridized carbons (Fsp3) is 0.176. The summed E-state index contributed by atoms with van der Waals surface area (Å²) in [5, 5.41) is 9.57. The van der Waals surface area contributed by atoms with Gasteiger partial charge in [0.2, 0.25) is 0 Å². The number of pyridine rings is 1. The third-order valence-corrected chi connectivity index (χ3v) is 4.46. The zero-order valence-electron chi connectivity index (χ0n) is 13.6.